The molecule has 1 aliphatic rings. The highest BCUT2D eigenvalue weighted by molar-refractivity contribution is 5.96. The van der Waals surface area contributed by atoms with Crippen LogP contribution in [-0.2, 0) is 0 Å². The molecule has 1 aromatic rings. The molecule has 1 aromatic carbocycles. The molecule has 0 aromatic heterocycles. The lowest BCUT2D eigenvalue weighted by Crippen LogP contribution is -2.30. The van der Waals surface area contributed by atoms with Crippen LogP contribution in [0.25, 0.3) is 0 Å². The summed E-state index contributed by atoms with van der Waals surface area (Å²) in [5, 5.41) is 11.7. The summed E-state index contributed by atoms with van der Waals surface area (Å²) in [7, 11) is 0. The minimum Gasteiger partial charge on any atom is -0.384 e. The van der Waals surface area contributed by atoms with Gasteiger partial charge in [-0.25, -0.2) is 4.39 Å². The van der Waals surface area contributed by atoms with E-state index in [0.29, 0.717) is 17.7 Å². The van der Waals surface area contributed by atoms with Crippen LogP contribution in [0.4, 0.5) is 4.39 Å². The highest BCUT2D eigenvalue weighted by atomic mass is 19.1. The Balaban J connectivity index is 2.08. The third kappa shape index (κ3) is 4.05. The fourth-order valence-corrected chi connectivity index (χ4v) is 2.54. The zero-order chi connectivity index (χ0) is 15.3. The van der Waals surface area contributed by atoms with E-state index in [1.165, 1.54) is 18.2 Å². The van der Waals surface area contributed by atoms with E-state index in [4.69, 9.17) is 5.11 Å². The Kier molecular flexibility index (Phi) is 4.98. The van der Waals surface area contributed by atoms with Crippen molar-refractivity contribution in [3.8, 4) is 11.8 Å². The van der Waals surface area contributed by atoms with Crippen LogP contribution < -0.4 is 5.32 Å². The number of rotatable bonds is 5. The Morgan fingerprint density at radius 2 is 2.24 bits per heavy atom. The summed E-state index contributed by atoms with van der Waals surface area (Å²) in [6, 6.07) is 3.90. The maximum atomic E-state index is 13.3. The van der Waals surface area contributed by atoms with Gasteiger partial charge in [0.2, 0.25) is 0 Å². The number of benzene rings is 1. The molecule has 0 spiro atoms. The number of nitrogens with one attached hydrogen (secondary N) is 1. The molecule has 4 heteroatoms. The van der Waals surface area contributed by atoms with Gasteiger partial charge in [0.05, 0.1) is 5.56 Å². The second-order valence-electron chi connectivity index (χ2n) is 5.58. The fourth-order valence-electron chi connectivity index (χ4n) is 2.54. The normalized spacial score (nSPS) is 15.0. The number of aliphatic hydroxyl groups is 1. The first-order chi connectivity index (χ1) is 10.1. The number of halogens is 1. The average Bonchev–Trinajstić information content (AvgIpc) is 3.23. The molecule has 2 N–H and O–H groups in total. The minimum absolute atomic E-state index is 0.236. The van der Waals surface area contributed by atoms with Gasteiger partial charge < -0.3 is 10.4 Å². The SMILES string of the molecule is CCCC1(CNC(=O)c2ccc(F)cc2C#CCO)CC1. The molecule has 1 aliphatic carbocycles. The maximum absolute atomic E-state index is 13.3. The first-order valence-corrected chi connectivity index (χ1v) is 7.28. The molecule has 1 fully saturated rings. The summed E-state index contributed by atoms with van der Waals surface area (Å²) in [6.45, 7) is 2.48. The predicted octanol–water partition coefficient (Wildman–Crippen LogP) is 2.48. The molecule has 0 unspecified atom stereocenters. The van der Waals surface area contributed by atoms with Crippen molar-refractivity contribution in [1.29, 1.82) is 0 Å². The summed E-state index contributed by atoms with van der Waals surface area (Å²) in [4.78, 5) is 12.3. The molecular weight excluding hydrogens is 269 g/mol. The summed E-state index contributed by atoms with van der Waals surface area (Å²) in [5.41, 5.74) is 0.924. The number of aliphatic hydroxyl groups excluding tert-OH is 1. The zero-order valence-corrected chi connectivity index (χ0v) is 12.2. The molecule has 2 rings (SSSR count). The average molecular weight is 289 g/mol. The largest absolute Gasteiger partial charge is 0.384 e. The Hall–Kier alpha value is -1.86. The molecule has 0 saturated heterocycles. The van der Waals surface area contributed by atoms with Crippen molar-refractivity contribution in [2.45, 2.75) is 32.6 Å². The number of carbonyl (C=O) groups excluding carboxylic acids is 1. The molecular formula is C17H20FNO2. The minimum atomic E-state index is -0.446. The van der Waals surface area contributed by atoms with Crippen molar-refractivity contribution in [3.05, 3.63) is 35.1 Å². The molecule has 1 amide bonds. The molecule has 112 valence electrons. The fraction of sp³-hybridized carbons (Fsp3) is 0.471. The van der Waals surface area contributed by atoms with Crippen LogP contribution in [0.15, 0.2) is 18.2 Å². The third-order valence-corrected chi connectivity index (χ3v) is 3.89. The predicted molar refractivity (Wildman–Crippen MR) is 79.3 cm³/mol. The van der Waals surface area contributed by atoms with Crippen LogP contribution in [0.1, 0.15) is 48.5 Å². The Morgan fingerprint density at radius 1 is 1.48 bits per heavy atom. The maximum Gasteiger partial charge on any atom is 0.252 e. The van der Waals surface area contributed by atoms with Crippen LogP contribution in [-0.4, -0.2) is 24.2 Å². The smallest absolute Gasteiger partial charge is 0.252 e. The topological polar surface area (TPSA) is 49.3 Å². The first kappa shape index (κ1) is 15.5. The Labute approximate surface area is 124 Å². The number of amides is 1. The van der Waals surface area contributed by atoms with E-state index in [-0.39, 0.29) is 17.9 Å². The lowest BCUT2D eigenvalue weighted by atomic mass is 10.0. The van der Waals surface area contributed by atoms with Gasteiger partial charge in [0.1, 0.15) is 12.4 Å². The highest BCUT2D eigenvalue weighted by Gasteiger charge is 2.41. The van der Waals surface area contributed by atoms with Gasteiger partial charge in [0.15, 0.2) is 0 Å². The second kappa shape index (κ2) is 6.73. The van der Waals surface area contributed by atoms with E-state index in [1.807, 2.05) is 0 Å². The van der Waals surface area contributed by atoms with Crippen LogP contribution in [0.5, 0.6) is 0 Å². The molecule has 21 heavy (non-hydrogen) atoms. The van der Waals surface area contributed by atoms with E-state index in [2.05, 4.69) is 24.1 Å². The van der Waals surface area contributed by atoms with Gasteiger partial charge in [-0.1, -0.05) is 25.2 Å². The number of carbonyl (C=O) groups is 1. The lowest BCUT2D eigenvalue weighted by molar-refractivity contribution is 0.0943. The molecule has 0 radical (unpaired) electrons. The van der Waals surface area contributed by atoms with Gasteiger partial charge >= 0.3 is 0 Å². The lowest BCUT2D eigenvalue weighted by Gasteiger charge is -2.15. The van der Waals surface area contributed by atoms with Gasteiger partial charge in [0.25, 0.3) is 5.91 Å². The van der Waals surface area contributed by atoms with Crippen LogP contribution in [0.3, 0.4) is 0 Å². The standard InChI is InChI=1S/C17H20FNO2/c1-2-7-17(8-9-17)12-19-16(21)15-6-5-14(18)11-13(15)4-3-10-20/h5-6,11,20H,2,7-10,12H2,1H3,(H,19,21). The monoisotopic (exact) mass is 289 g/mol. The van der Waals surface area contributed by atoms with Crippen molar-refractivity contribution in [2.24, 2.45) is 5.41 Å². The Morgan fingerprint density at radius 3 is 2.86 bits per heavy atom. The summed E-state index contributed by atoms with van der Waals surface area (Å²) in [6.07, 6.45) is 4.54. The van der Waals surface area contributed by atoms with Crippen LogP contribution in [0.2, 0.25) is 0 Å². The number of hydrogen-bond donors (Lipinski definition) is 2. The molecule has 0 heterocycles. The van der Waals surface area contributed by atoms with Gasteiger partial charge in [-0.05, 0) is 42.9 Å². The van der Waals surface area contributed by atoms with Crippen molar-refractivity contribution in [2.75, 3.05) is 13.2 Å². The van der Waals surface area contributed by atoms with E-state index in [9.17, 15) is 9.18 Å². The van der Waals surface area contributed by atoms with Gasteiger partial charge in [-0.3, -0.25) is 4.79 Å². The molecule has 0 bridgehead atoms. The van der Waals surface area contributed by atoms with Crippen molar-refractivity contribution in [3.63, 3.8) is 0 Å². The van der Waals surface area contributed by atoms with Crippen molar-refractivity contribution in [1.82, 2.24) is 5.32 Å². The van der Waals surface area contributed by atoms with Crippen molar-refractivity contribution < 1.29 is 14.3 Å². The van der Waals surface area contributed by atoms with Crippen molar-refractivity contribution >= 4 is 5.91 Å². The first-order valence-electron chi connectivity index (χ1n) is 7.28. The van der Waals surface area contributed by atoms with E-state index < -0.39 is 5.82 Å². The summed E-state index contributed by atoms with van der Waals surface area (Å²) < 4.78 is 13.3. The highest BCUT2D eigenvalue weighted by Crippen LogP contribution is 2.48. The van der Waals surface area contributed by atoms with Crippen LogP contribution in [0, 0.1) is 23.1 Å². The van der Waals surface area contributed by atoms with Crippen LogP contribution >= 0.6 is 0 Å². The number of hydrogen-bond acceptors (Lipinski definition) is 2. The second-order valence-corrected chi connectivity index (χ2v) is 5.58. The third-order valence-electron chi connectivity index (χ3n) is 3.89. The van der Waals surface area contributed by atoms with E-state index >= 15 is 0 Å². The molecule has 3 nitrogen and oxygen atoms in total. The molecule has 1 saturated carbocycles. The summed E-state index contributed by atoms with van der Waals surface area (Å²) >= 11 is 0. The zero-order valence-electron chi connectivity index (χ0n) is 12.2. The van der Waals surface area contributed by atoms with E-state index in [1.54, 1.807) is 0 Å². The Bertz CT molecular complexity index is 582. The summed E-state index contributed by atoms with van der Waals surface area (Å²) in [5.74, 6) is 4.39. The van der Waals surface area contributed by atoms with Gasteiger partial charge in [0, 0.05) is 12.1 Å². The molecule has 0 aliphatic heterocycles. The van der Waals surface area contributed by atoms with Gasteiger partial charge in [-0.2, -0.15) is 0 Å². The van der Waals surface area contributed by atoms with E-state index in [0.717, 1.165) is 25.7 Å². The molecule has 0 atom stereocenters. The quantitative estimate of drug-likeness (QED) is 0.818. The van der Waals surface area contributed by atoms with Gasteiger partial charge in [-0.15, -0.1) is 0 Å².